The zero-order chi connectivity index (χ0) is 19.3. The zero-order valence-electron chi connectivity index (χ0n) is 15.6. The van der Waals surface area contributed by atoms with E-state index in [-0.39, 0.29) is 5.91 Å². The first kappa shape index (κ1) is 17.7. The fraction of sp³-hybridized carbons (Fsp3) is 0.0833. The van der Waals surface area contributed by atoms with Gasteiger partial charge in [0.15, 0.2) is 0 Å². The zero-order valence-corrected chi connectivity index (χ0v) is 15.6. The van der Waals surface area contributed by atoms with Gasteiger partial charge < -0.3 is 5.32 Å². The van der Waals surface area contributed by atoms with E-state index < -0.39 is 6.04 Å². The fourth-order valence-electron chi connectivity index (χ4n) is 3.22. The van der Waals surface area contributed by atoms with Crippen molar-refractivity contribution in [3.63, 3.8) is 0 Å². The average Bonchev–Trinajstić information content (AvgIpc) is 2.73. The van der Waals surface area contributed by atoms with Crippen LogP contribution in [0.25, 0.3) is 21.5 Å². The summed E-state index contributed by atoms with van der Waals surface area (Å²) in [5.74, 6) is -0.190. The maximum Gasteiger partial charge on any atom is 0.262 e. The van der Waals surface area contributed by atoms with Gasteiger partial charge in [-0.2, -0.15) is 5.10 Å². The molecule has 0 aromatic heterocycles. The first-order chi connectivity index (χ1) is 13.7. The summed E-state index contributed by atoms with van der Waals surface area (Å²) >= 11 is 0. The average molecular weight is 367 g/mol. The second kappa shape index (κ2) is 7.92. The number of rotatable bonds is 5. The Kier molecular flexibility index (Phi) is 5.02. The number of nitrogens with one attached hydrogen (secondary N) is 2. The summed E-state index contributed by atoms with van der Waals surface area (Å²) in [4.78, 5) is 12.4. The SMILES string of the molecule is CC(Nc1ccc2ccccc2c1)C(=O)N/N=C/c1cccc2ccccc12. The number of anilines is 1. The molecule has 4 aromatic rings. The van der Waals surface area contributed by atoms with E-state index in [0.29, 0.717) is 0 Å². The van der Waals surface area contributed by atoms with Gasteiger partial charge in [0, 0.05) is 11.3 Å². The van der Waals surface area contributed by atoms with Gasteiger partial charge >= 0.3 is 0 Å². The lowest BCUT2D eigenvalue weighted by molar-refractivity contribution is -0.121. The van der Waals surface area contributed by atoms with Crippen LogP contribution in [0.1, 0.15) is 12.5 Å². The molecule has 4 nitrogen and oxygen atoms in total. The van der Waals surface area contributed by atoms with Crippen LogP contribution in [0.4, 0.5) is 5.69 Å². The van der Waals surface area contributed by atoms with E-state index in [0.717, 1.165) is 27.4 Å². The number of carbonyl (C=O) groups is 1. The molecule has 1 unspecified atom stereocenters. The number of hydrogen-bond acceptors (Lipinski definition) is 3. The molecule has 0 aliphatic rings. The molecule has 0 saturated heterocycles. The smallest absolute Gasteiger partial charge is 0.262 e. The first-order valence-corrected chi connectivity index (χ1v) is 9.27. The molecule has 1 amide bonds. The van der Waals surface area contributed by atoms with Crippen molar-refractivity contribution in [2.24, 2.45) is 5.10 Å². The lowest BCUT2D eigenvalue weighted by atomic mass is 10.1. The van der Waals surface area contributed by atoms with Crippen LogP contribution < -0.4 is 10.7 Å². The third-order valence-electron chi connectivity index (χ3n) is 4.73. The van der Waals surface area contributed by atoms with E-state index in [4.69, 9.17) is 0 Å². The molecule has 2 N–H and O–H groups in total. The van der Waals surface area contributed by atoms with Gasteiger partial charge in [-0.15, -0.1) is 0 Å². The third kappa shape index (κ3) is 3.86. The van der Waals surface area contributed by atoms with Crippen molar-refractivity contribution in [1.29, 1.82) is 0 Å². The summed E-state index contributed by atoms with van der Waals surface area (Å²) in [6.45, 7) is 1.82. The van der Waals surface area contributed by atoms with Gasteiger partial charge in [0.2, 0.25) is 0 Å². The number of hydrazone groups is 1. The predicted octanol–water partition coefficient (Wildman–Crippen LogP) is 4.94. The minimum Gasteiger partial charge on any atom is -0.374 e. The van der Waals surface area contributed by atoms with Crippen LogP contribution in [0, 0.1) is 0 Å². The van der Waals surface area contributed by atoms with Crippen LogP contribution in [0.3, 0.4) is 0 Å². The third-order valence-corrected chi connectivity index (χ3v) is 4.73. The molecule has 0 radical (unpaired) electrons. The van der Waals surface area contributed by atoms with E-state index in [1.807, 2.05) is 67.6 Å². The monoisotopic (exact) mass is 367 g/mol. The summed E-state index contributed by atoms with van der Waals surface area (Å²) in [6, 6.07) is 27.9. The van der Waals surface area contributed by atoms with E-state index in [2.05, 4.69) is 40.1 Å². The van der Waals surface area contributed by atoms with Gasteiger partial charge in [-0.05, 0) is 40.6 Å². The van der Waals surface area contributed by atoms with Crippen LogP contribution in [0.2, 0.25) is 0 Å². The number of amides is 1. The molecule has 4 rings (SSSR count). The van der Waals surface area contributed by atoms with Gasteiger partial charge in [-0.3, -0.25) is 4.79 Å². The van der Waals surface area contributed by atoms with Crippen molar-refractivity contribution in [2.75, 3.05) is 5.32 Å². The van der Waals surface area contributed by atoms with Crippen LogP contribution in [-0.4, -0.2) is 18.2 Å². The molecule has 0 fully saturated rings. The van der Waals surface area contributed by atoms with E-state index in [1.165, 1.54) is 5.39 Å². The lowest BCUT2D eigenvalue weighted by Gasteiger charge is -2.14. The van der Waals surface area contributed by atoms with Crippen LogP contribution in [0.5, 0.6) is 0 Å². The first-order valence-electron chi connectivity index (χ1n) is 9.27. The Morgan fingerprint density at radius 2 is 1.57 bits per heavy atom. The Hall–Kier alpha value is -3.66. The van der Waals surface area contributed by atoms with Gasteiger partial charge in [0.25, 0.3) is 5.91 Å². The van der Waals surface area contributed by atoms with Gasteiger partial charge in [-0.25, -0.2) is 5.43 Å². The molecule has 1 atom stereocenters. The highest BCUT2D eigenvalue weighted by atomic mass is 16.2. The van der Waals surface area contributed by atoms with Crippen molar-refractivity contribution in [3.8, 4) is 0 Å². The number of hydrogen-bond donors (Lipinski definition) is 2. The summed E-state index contributed by atoms with van der Waals surface area (Å²) in [5, 5.41) is 11.9. The minimum absolute atomic E-state index is 0.190. The number of fused-ring (bicyclic) bond motifs is 2. The van der Waals surface area contributed by atoms with Gasteiger partial charge in [0.1, 0.15) is 6.04 Å². The largest absolute Gasteiger partial charge is 0.374 e. The molecular formula is C24H21N3O. The van der Waals surface area contributed by atoms with E-state index in [9.17, 15) is 4.79 Å². The maximum atomic E-state index is 12.4. The molecule has 0 aliphatic heterocycles. The summed E-state index contributed by atoms with van der Waals surface area (Å²) in [7, 11) is 0. The van der Waals surface area contributed by atoms with Gasteiger partial charge in [0.05, 0.1) is 6.21 Å². The van der Waals surface area contributed by atoms with Crippen molar-refractivity contribution in [1.82, 2.24) is 5.43 Å². The molecule has 0 aliphatic carbocycles. The highest BCUT2D eigenvalue weighted by molar-refractivity contribution is 6.00. The second-order valence-electron chi connectivity index (χ2n) is 6.73. The Morgan fingerprint density at radius 1 is 0.857 bits per heavy atom. The van der Waals surface area contributed by atoms with Crippen molar-refractivity contribution >= 4 is 39.4 Å². The van der Waals surface area contributed by atoms with Crippen LogP contribution >= 0.6 is 0 Å². The number of carbonyl (C=O) groups excluding carboxylic acids is 1. The standard InChI is InChI=1S/C24H21N3O/c1-17(26-22-14-13-18-7-2-3-9-20(18)15-22)24(28)27-25-16-21-11-6-10-19-8-4-5-12-23(19)21/h2-17,26H,1H3,(H,27,28)/b25-16+. The number of benzene rings is 4. The molecule has 0 bridgehead atoms. The Morgan fingerprint density at radius 3 is 2.43 bits per heavy atom. The normalized spacial score (nSPS) is 12.3. The Balaban J connectivity index is 1.41. The van der Waals surface area contributed by atoms with Crippen molar-refractivity contribution < 1.29 is 4.79 Å². The topological polar surface area (TPSA) is 53.5 Å². The summed E-state index contributed by atoms with van der Waals surface area (Å²) in [5.41, 5.74) is 4.49. The fourth-order valence-corrected chi connectivity index (χ4v) is 3.22. The van der Waals surface area contributed by atoms with Crippen LogP contribution in [0.15, 0.2) is 90.0 Å². The lowest BCUT2D eigenvalue weighted by Crippen LogP contribution is -2.34. The predicted molar refractivity (Wildman–Crippen MR) is 117 cm³/mol. The highest BCUT2D eigenvalue weighted by Crippen LogP contribution is 2.19. The van der Waals surface area contributed by atoms with Crippen molar-refractivity contribution in [3.05, 3.63) is 90.5 Å². The van der Waals surface area contributed by atoms with E-state index >= 15 is 0 Å². The minimum atomic E-state index is -0.411. The molecule has 4 aromatic carbocycles. The molecule has 28 heavy (non-hydrogen) atoms. The van der Waals surface area contributed by atoms with Crippen molar-refractivity contribution in [2.45, 2.75) is 13.0 Å². The molecule has 4 heteroatoms. The van der Waals surface area contributed by atoms with E-state index in [1.54, 1.807) is 6.21 Å². The maximum absolute atomic E-state index is 12.4. The number of nitrogens with zero attached hydrogens (tertiary/aromatic N) is 1. The molecule has 0 heterocycles. The summed E-state index contributed by atoms with van der Waals surface area (Å²) < 4.78 is 0. The van der Waals surface area contributed by atoms with Crippen LogP contribution in [-0.2, 0) is 4.79 Å². The Labute approximate surface area is 163 Å². The molecule has 0 spiro atoms. The highest BCUT2D eigenvalue weighted by Gasteiger charge is 2.11. The summed E-state index contributed by atoms with van der Waals surface area (Å²) in [6.07, 6.45) is 1.68. The quantitative estimate of drug-likeness (QED) is 0.388. The Bertz CT molecular complexity index is 1160. The molecule has 138 valence electrons. The van der Waals surface area contributed by atoms with Gasteiger partial charge in [-0.1, -0.05) is 72.8 Å². The molecular weight excluding hydrogens is 346 g/mol. The second-order valence-corrected chi connectivity index (χ2v) is 6.73. The molecule has 0 saturated carbocycles.